The van der Waals surface area contributed by atoms with E-state index in [1.165, 1.54) is 6.07 Å². The van der Waals surface area contributed by atoms with Crippen molar-refractivity contribution in [1.82, 2.24) is 0 Å². The number of esters is 1. The fraction of sp³-hybridized carbons (Fsp3) is 0.417. The summed E-state index contributed by atoms with van der Waals surface area (Å²) < 4.78 is 4.78. The van der Waals surface area contributed by atoms with Crippen LogP contribution >= 0.6 is 0 Å². The molecule has 1 unspecified atom stereocenters. The van der Waals surface area contributed by atoms with Gasteiger partial charge in [0, 0.05) is 17.7 Å². The molecule has 0 aromatic heterocycles. The zero-order valence-corrected chi connectivity index (χ0v) is 10.4. The summed E-state index contributed by atoms with van der Waals surface area (Å²) in [5, 5.41) is 10.8. The van der Waals surface area contributed by atoms with E-state index in [4.69, 9.17) is 10.5 Å². The lowest BCUT2D eigenvalue weighted by atomic mass is 10.0. The van der Waals surface area contributed by atoms with Crippen molar-refractivity contribution in [2.75, 3.05) is 6.61 Å². The molecule has 1 aromatic rings. The highest BCUT2D eigenvalue weighted by atomic mass is 16.6. The van der Waals surface area contributed by atoms with Gasteiger partial charge < -0.3 is 10.5 Å². The van der Waals surface area contributed by atoms with Gasteiger partial charge in [0.15, 0.2) is 0 Å². The van der Waals surface area contributed by atoms with Crippen molar-refractivity contribution < 1.29 is 14.5 Å². The second-order valence-corrected chi connectivity index (χ2v) is 3.92. The molecule has 0 radical (unpaired) electrons. The van der Waals surface area contributed by atoms with Crippen LogP contribution < -0.4 is 5.73 Å². The number of aryl methyl sites for hydroxylation is 1. The number of hydrogen-bond acceptors (Lipinski definition) is 5. The molecule has 98 valence electrons. The molecule has 0 aliphatic rings. The van der Waals surface area contributed by atoms with Gasteiger partial charge >= 0.3 is 5.97 Å². The predicted octanol–water partition coefficient (Wildman–Crippen LogP) is 1.86. The summed E-state index contributed by atoms with van der Waals surface area (Å²) in [7, 11) is 0. The lowest BCUT2D eigenvalue weighted by molar-refractivity contribution is -0.385. The molecule has 0 saturated heterocycles. The summed E-state index contributed by atoms with van der Waals surface area (Å²) >= 11 is 0. The van der Waals surface area contributed by atoms with Crippen molar-refractivity contribution >= 4 is 11.7 Å². The average Bonchev–Trinajstić information content (AvgIpc) is 2.29. The Labute approximate surface area is 105 Å². The van der Waals surface area contributed by atoms with Crippen LogP contribution in [0.3, 0.4) is 0 Å². The summed E-state index contributed by atoms with van der Waals surface area (Å²) in [4.78, 5) is 21.6. The van der Waals surface area contributed by atoms with E-state index in [1.807, 2.05) is 0 Å². The molecule has 0 spiro atoms. The van der Waals surface area contributed by atoms with Crippen LogP contribution in [-0.4, -0.2) is 17.5 Å². The van der Waals surface area contributed by atoms with Crippen molar-refractivity contribution in [1.29, 1.82) is 0 Å². The van der Waals surface area contributed by atoms with Gasteiger partial charge in [-0.15, -0.1) is 0 Å². The molecule has 0 amide bonds. The van der Waals surface area contributed by atoms with Crippen molar-refractivity contribution in [2.45, 2.75) is 26.3 Å². The monoisotopic (exact) mass is 252 g/mol. The molecular formula is C12H16N2O4. The highest BCUT2D eigenvalue weighted by molar-refractivity contribution is 5.70. The van der Waals surface area contributed by atoms with Gasteiger partial charge in [0.05, 0.1) is 18.0 Å². The third-order valence-electron chi connectivity index (χ3n) is 2.55. The van der Waals surface area contributed by atoms with E-state index in [-0.39, 0.29) is 12.1 Å². The molecule has 1 aromatic carbocycles. The molecule has 18 heavy (non-hydrogen) atoms. The standard InChI is InChI=1S/C12H16N2O4/c1-3-18-12(15)7-10(13)9-5-4-8(2)11(6-9)14(16)17/h4-6,10H,3,7,13H2,1-2H3. The Hall–Kier alpha value is -1.95. The van der Waals surface area contributed by atoms with Gasteiger partial charge in [0.2, 0.25) is 0 Å². The summed E-state index contributed by atoms with van der Waals surface area (Å²) in [6.07, 6.45) is 0.00799. The van der Waals surface area contributed by atoms with Gasteiger partial charge in [0.1, 0.15) is 0 Å². The Kier molecular flexibility index (Phi) is 4.79. The third-order valence-corrected chi connectivity index (χ3v) is 2.55. The summed E-state index contributed by atoms with van der Waals surface area (Å²) in [6, 6.07) is 4.12. The van der Waals surface area contributed by atoms with Crippen LogP contribution in [0.5, 0.6) is 0 Å². The largest absolute Gasteiger partial charge is 0.466 e. The van der Waals surface area contributed by atoms with Gasteiger partial charge in [0.25, 0.3) is 5.69 Å². The van der Waals surface area contributed by atoms with Crippen LogP contribution in [0.4, 0.5) is 5.69 Å². The lowest BCUT2D eigenvalue weighted by Gasteiger charge is -2.11. The van der Waals surface area contributed by atoms with Crippen LogP contribution in [-0.2, 0) is 9.53 Å². The van der Waals surface area contributed by atoms with Crippen LogP contribution in [0, 0.1) is 17.0 Å². The van der Waals surface area contributed by atoms with E-state index in [2.05, 4.69) is 0 Å². The first-order chi connectivity index (χ1) is 8.45. The third kappa shape index (κ3) is 3.53. The Morgan fingerprint density at radius 1 is 1.56 bits per heavy atom. The Bertz CT molecular complexity index is 459. The maximum absolute atomic E-state index is 11.3. The minimum absolute atomic E-state index is 0.00630. The molecule has 0 fully saturated rings. The molecule has 2 N–H and O–H groups in total. The Morgan fingerprint density at radius 3 is 2.78 bits per heavy atom. The second-order valence-electron chi connectivity index (χ2n) is 3.92. The number of nitro benzene ring substituents is 1. The van der Waals surface area contributed by atoms with Gasteiger partial charge in [-0.2, -0.15) is 0 Å². The number of nitrogens with two attached hydrogens (primary N) is 1. The van der Waals surface area contributed by atoms with Gasteiger partial charge in [-0.3, -0.25) is 14.9 Å². The number of nitrogens with zero attached hydrogens (tertiary/aromatic N) is 1. The quantitative estimate of drug-likeness (QED) is 0.490. The maximum Gasteiger partial charge on any atom is 0.307 e. The van der Waals surface area contributed by atoms with Gasteiger partial charge in [-0.1, -0.05) is 12.1 Å². The maximum atomic E-state index is 11.3. The average molecular weight is 252 g/mol. The van der Waals surface area contributed by atoms with Crippen LogP contribution in [0.15, 0.2) is 18.2 Å². The van der Waals surface area contributed by atoms with Crippen LogP contribution in [0.1, 0.15) is 30.5 Å². The molecule has 0 aliphatic carbocycles. The molecule has 6 heteroatoms. The van der Waals surface area contributed by atoms with E-state index in [9.17, 15) is 14.9 Å². The summed E-state index contributed by atoms with van der Waals surface area (Å²) in [5.74, 6) is -0.409. The molecule has 0 bridgehead atoms. The van der Waals surface area contributed by atoms with E-state index >= 15 is 0 Å². The number of carbonyl (C=O) groups excluding carboxylic acids is 1. The lowest BCUT2D eigenvalue weighted by Crippen LogP contribution is -2.17. The molecule has 0 heterocycles. The normalized spacial score (nSPS) is 11.9. The molecule has 0 aliphatic heterocycles. The Balaban J connectivity index is 2.86. The van der Waals surface area contributed by atoms with Crippen LogP contribution in [0.2, 0.25) is 0 Å². The van der Waals surface area contributed by atoms with Crippen molar-refractivity contribution in [3.63, 3.8) is 0 Å². The first-order valence-corrected chi connectivity index (χ1v) is 5.61. The molecule has 0 saturated carbocycles. The summed E-state index contributed by atoms with van der Waals surface area (Å²) in [6.45, 7) is 3.65. The molecular weight excluding hydrogens is 236 g/mol. The SMILES string of the molecule is CCOC(=O)CC(N)c1ccc(C)c([N+](=O)[O-])c1. The number of ether oxygens (including phenoxy) is 1. The van der Waals surface area contributed by atoms with Crippen LogP contribution in [0.25, 0.3) is 0 Å². The zero-order valence-electron chi connectivity index (χ0n) is 10.4. The number of rotatable bonds is 5. The summed E-state index contributed by atoms with van der Waals surface area (Å²) in [5.41, 5.74) is 6.95. The van der Waals surface area contributed by atoms with Gasteiger partial charge in [-0.25, -0.2) is 0 Å². The number of nitro groups is 1. The fourth-order valence-electron chi connectivity index (χ4n) is 1.57. The first kappa shape index (κ1) is 14.1. The molecule has 1 atom stereocenters. The highest BCUT2D eigenvalue weighted by Crippen LogP contribution is 2.23. The van der Waals surface area contributed by atoms with E-state index in [1.54, 1.807) is 26.0 Å². The number of carbonyl (C=O) groups is 1. The highest BCUT2D eigenvalue weighted by Gasteiger charge is 2.17. The van der Waals surface area contributed by atoms with Crippen molar-refractivity contribution in [3.8, 4) is 0 Å². The van der Waals surface area contributed by atoms with E-state index < -0.39 is 16.9 Å². The number of benzene rings is 1. The van der Waals surface area contributed by atoms with E-state index in [0.717, 1.165) is 0 Å². The number of hydrogen-bond donors (Lipinski definition) is 1. The molecule has 6 nitrogen and oxygen atoms in total. The van der Waals surface area contributed by atoms with Gasteiger partial charge in [-0.05, 0) is 19.4 Å². The fourth-order valence-corrected chi connectivity index (χ4v) is 1.57. The first-order valence-electron chi connectivity index (χ1n) is 5.61. The van der Waals surface area contributed by atoms with Crippen molar-refractivity contribution in [3.05, 3.63) is 39.4 Å². The Morgan fingerprint density at radius 2 is 2.22 bits per heavy atom. The molecule has 1 rings (SSSR count). The predicted molar refractivity (Wildman–Crippen MR) is 66.0 cm³/mol. The van der Waals surface area contributed by atoms with E-state index in [0.29, 0.717) is 17.7 Å². The second kappa shape index (κ2) is 6.11. The zero-order chi connectivity index (χ0) is 13.7. The minimum atomic E-state index is -0.594. The minimum Gasteiger partial charge on any atom is -0.466 e. The smallest absolute Gasteiger partial charge is 0.307 e. The van der Waals surface area contributed by atoms with Crippen molar-refractivity contribution in [2.24, 2.45) is 5.73 Å². The topological polar surface area (TPSA) is 95.5 Å².